The molecule has 120 valence electrons. The Morgan fingerprint density at radius 3 is 2.50 bits per heavy atom. The topological polar surface area (TPSA) is 9.23 Å². The molecule has 0 radical (unpaired) electrons. The van der Waals surface area contributed by atoms with Crippen molar-refractivity contribution in [3.63, 3.8) is 0 Å². The van der Waals surface area contributed by atoms with E-state index < -0.39 is 0 Å². The Hall–Kier alpha value is -1.50. The Morgan fingerprint density at radius 2 is 1.91 bits per heavy atom. The second-order valence-corrected chi connectivity index (χ2v) is 7.07. The second-order valence-electron chi connectivity index (χ2n) is 7.07. The summed E-state index contributed by atoms with van der Waals surface area (Å²) in [7, 11) is 0. The lowest BCUT2D eigenvalue weighted by Gasteiger charge is -2.31. The van der Waals surface area contributed by atoms with Gasteiger partial charge in [0, 0.05) is 5.56 Å². The SMILES string of the molecule is C=C(C)C=Cc1c(C)cccc1OC1CCC(C(C)C)CC1. The normalized spacial score (nSPS) is 22.2. The molecule has 0 heterocycles. The molecule has 0 unspecified atom stereocenters. The van der Waals surface area contributed by atoms with Gasteiger partial charge in [-0.1, -0.05) is 50.3 Å². The Labute approximate surface area is 136 Å². The molecule has 0 bridgehead atoms. The van der Waals surface area contributed by atoms with Crippen LogP contribution in [0.15, 0.2) is 36.4 Å². The van der Waals surface area contributed by atoms with E-state index in [0.717, 1.165) is 23.2 Å². The van der Waals surface area contributed by atoms with Gasteiger partial charge in [0.05, 0.1) is 6.10 Å². The van der Waals surface area contributed by atoms with Gasteiger partial charge in [-0.2, -0.15) is 0 Å². The van der Waals surface area contributed by atoms with E-state index in [9.17, 15) is 0 Å². The van der Waals surface area contributed by atoms with Crippen LogP contribution in [-0.2, 0) is 0 Å². The first kappa shape index (κ1) is 16.9. The molecule has 0 aromatic heterocycles. The summed E-state index contributed by atoms with van der Waals surface area (Å²) in [5, 5.41) is 0. The summed E-state index contributed by atoms with van der Waals surface area (Å²) in [4.78, 5) is 0. The molecule has 1 heteroatoms. The lowest BCUT2D eigenvalue weighted by molar-refractivity contribution is 0.116. The lowest BCUT2D eigenvalue weighted by Crippen LogP contribution is -2.26. The van der Waals surface area contributed by atoms with Crippen molar-refractivity contribution >= 4 is 6.08 Å². The maximum atomic E-state index is 6.35. The van der Waals surface area contributed by atoms with Crippen molar-refractivity contribution in [2.24, 2.45) is 11.8 Å². The minimum atomic E-state index is 0.369. The van der Waals surface area contributed by atoms with E-state index in [1.807, 2.05) is 6.92 Å². The molecule has 0 N–H and O–H groups in total. The van der Waals surface area contributed by atoms with Crippen molar-refractivity contribution in [1.29, 1.82) is 0 Å². The summed E-state index contributed by atoms with van der Waals surface area (Å²) in [6.45, 7) is 12.8. The third-order valence-electron chi connectivity index (χ3n) is 4.77. The molecule has 1 aliphatic rings. The van der Waals surface area contributed by atoms with Crippen molar-refractivity contribution in [1.82, 2.24) is 0 Å². The van der Waals surface area contributed by atoms with Crippen molar-refractivity contribution < 1.29 is 4.74 Å². The van der Waals surface area contributed by atoms with Gasteiger partial charge in [-0.3, -0.25) is 0 Å². The minimum absolute atomic E-state index is 0.369. The van der Waals surface area contributed by atoms with Crippen LogP contribution in [0, 0.1) is 18.8 Å². The summed E-state index contributed by atoms with van der Waals surface area (Å²) in [5.74, 6) is 2.69. The largest absolute Gasteiger partial charge is 0.490 e. The molecular formula is C21H30O. The summed E-state index contributed by atoms with van der Waals surface area (Å²) in [6.07, 6.45) is 9.52. The number of ether oxygens (including phenoxy) is 1. The molecule has 1 aliphatic carbocycles. The van der Waals surface area contributed by atoms with Crippen LogP contribution in [0.3, 0.4) is 0 Å². The fraction of sp³-hybridized carbons (Fsp3) is 0.524. The lowest BCUT2D eigenvalue weighted by atomic mass is 9.80. The van der Waals surface area contributed by atoms with Gasteiger partial charge in [0.25, 0.3) is 0 Å². The van der Waals surface area contributed by atoms with Gasteiger partial charge in [0.15, 0.2) is 0 Å². The quantitative estimate of drug-likeness (QED) is 0.590. The fourth-order valence-electron chi connectivity index (χ4n) is 3.25. The van der Waals surface area contributed by atoms with E-state index in [4.69, 9.17) is 4.74 Å². The molecule has 1 aromatic carbocycles. The van der Waals surface area contributed by atoms with Crippen LogP contribution in [0.1, 0.15) is 57.6 Å². The monoisotopic (exact) mass is 298 g/mol. The van der Waals surface area contributed by atoms with E-state index in [1.54, 1.807) is 0 Å². The summed E-state index contributed by atoms with van der Waals surface area (Å²) in [5.41, 5.74) is 3.51. The van der Waals surface area contributed by atoms with Crippen LogP contribution < -0.4 is 4.74 Å². The van der Waals surface area contributed by atoms with Crippen LogP contribution in [0.2, 0.25) is 0 Å². The number of rotatable bonds is 5. The average molecular weight is 298 g/mol. The smallest absolute Gasteiger partial charge is 0.127 e. The van der Waals surface area contributed by atoms with E-state index in [0.29, 0.717) is 6.10 Å². The predicted octanol–water partition coefficient (Wildman–Crippen LogP) is 6.18. The first-order valence-corrected chi connectivity index (χ1v) is 8.57. The first-order valence-electron chi connectivity index (χ1n) is 8.57. The highest BCUT2D eigenvalue weighted by Crippen LogP contribution is 2.33. The van der Waals surface area contributed by atoms with Crippen LogP contribution in [0.4, 0.5) is 0 Å². The Kier molecular flexibility index (Phi) is 5.88. The van der Waals surface area contributed by atoms with E-state index in [-0.39, 0.29) is 0 Å². The number of benzene rings is 1. The van der Waals surface area contributed by atoms with Gasteiger partial charge in [0.1, 0.15) is 5.75 Å². The zero-order valence-electron chi connectivity index (χ0n) is 14.6. The van der Waals surface area contributed by atoms with E-state index in [2.05, 4.69) is 57.7 Å². The molecule has 0 aliphatic heterocycles. The fourth-order valence-corrected chi connectivity index (χ4v) is 3.25. The van der Waals surface area contributed by atoms with E-state index >= 15 is 0 Å². The van der Waals surface area contributed by atoms with Crippen molar-refractivity contribution in [2.75, 3.05) is 0 Å². The van der Waals surface area contributed by atoms with Crippen molar-refractivity contribution in [3.8, 4) is 5.75 Å². The number of hydrogen-bond donors (Lipinski definition) is 0. The Bertz CT molecular complexity index is 531. The molecule has 1 saturated carbocycles. The zero-order valence-corrected chi connectivity index (χ0v) is 14.6. The summed E-state index contributed by atoms with van der Waals surface area (Å²) in [6, 6.07) is 6.32. The van der Waals surface area contributed by atoms with Crippen LogP contribution >= 0.6 is 0 Å². The predicted molar refractivity (Wildman–Crippen MR) is 96.2 cm³/mol. The molecule has 0 spiro atoms. The van der Waals surface area contributed by atoms with Gasteiger partial charge in [0.2, 0.25) is 0 Å². The van der Waals surface area contributed by atoms with E-state index in [1.165, 1.54) is 36.8 Å². The Balaban J connectivity index is 2.07. The van der Waals surface area contributed by atoms with Crippen LogP contribution in [0.25, 0.3) is 6.08 Å². The van der Waals surface area contributed by atoms with Gasteiger partial charge >= 0.3 is 0 Å². The van der Waals surface area contributed by atoms with Crippen molar-refractivity contribution in [3.05, 3.63) is 47.6 Å². The maximum Gasteiger partial charge on any atom is 0.127 e. The van der Waals surface area contributed by atoms with Crippen LogP contribution in [-0.4, -0.2) is 6.10 Å². The molecule has 1 fully saturated rings. The number of hydrogen-bond acceptors (Lipinski definition) is 1. The molecule has 0 amide bonds. The first-order chi connectivity index (χ1) is 10.5. The summed E-state index contributed by atoms with van der Waals surface area (Å²) >= 11 is 0. The van der Waals surface area contributed by atoms with Gasteiger partial charge in [-0.05, 0) is 63.0 Å². The molecule has 1 nitrogen and oxygen atoms in total. The third kappa shape index (κ3) is 4.50. The number of allylic oxidation sites excluding steroid dienone is 2. The highest BCUT2D eigenvalue weighted by molar-refractivity contribution is 5.62. The highest BCUT2D eigenvalue weighted by Gasteiger charge is 2.24. The van der Waals surface area contributed by atoms with Gasteiger partial charge in [-0.15, -0.1) is 0 Å². The number of aryl methyl sites for hydroxylation is 1. The maximum absolute atomic E-state index is 6.35. The average Bonchev–Trinajstić information content (AvgIpc) is 2.47. The van der Waals surface area contributed by atoms with Crippen molar-refractivity contribution in [2.45, 2.75) is 59.5 Å². The van der Waals surface area contributed by atoms with Gasteiger partial charge in [-0.25, -0.2) is 0 Å². The highest BCUT2D eigenvalue weighted by atomic mass is 16.5. The van der Waals surface area contributed by atoms with Gasteiger partial charge < -0.3 is 4.74 Å². The second kappa shape index (κ2) is 7.67. The third-order valence-corrected chi connectivity index (χ3v) is 4.77. The zero-order chi connectivity index (χ0) is 16.1. The van der Waals surface area contributed by atoms with Crippen LogP contribution in [0.5, 0.6) is 5.75 Å². The molecule has 0 saturated heterocycles. The standard InChI is InChI=1S/C21H30O/c1-15(2)9-14-20-17(5)7-6-8-21(20)22-19-12-10-18(11-13-19)16(3)4/h6-9,14,16,18-19H,1,10-13H2,2-5H3. The molecular weight excluding hydrogens is 268 g/mol. The summed E-state index contributed by atoms with van der Waals surface area (Å²) < 4.78 is 6.35. The minimum Gasteiger partial charge on any atom is -0.490 e. The molecule has 1 aromatic rings. The molecule has 0 atom stereocenters. The molecule has 22 heavy (non-hydrogen) atoms. The Morgan fingerprint density at radius 1 is 1.23 bits per heavy atom. The molecule has 2 rings (SSSR count).